The minimum Gasteiger partial charge on any atom is -0.507 e. The van der Waals surface area contributed by atoms with Crippen molar-refractivity contribution >= 4 is 39.9 Å². The number of rotatable bonds is 6. The quantitative estimate of drug-likeness (QED) is 0.179. The van der Waals surface area contributed by atoms with Crippen LogP contribution in [0.4, 0.5) is 5.13 Å². The Morgan fingerprint density at radius 1 is 1.20 bits per heavy atom. The van der Waals surface area contributed by atoms with E-state index in [1.165, 1.54) is 11.0 Å². The van der Waals surface area contributed by atoms with E-state index in [2.05, 4.69) is 16.5 Å². The third kappa shape index (κ3) is 4.38. The Balaban J connectivity index is 1.90. The van der Waals surface area contributed by atoms with Crippen LogP contribution >= 0.6 is 11.3 Å². The number of aromatic nitrogens is 2. The number of thiazole rings is 1. The molecule has 1 saturated heterocycles. The van der Waals surface area contributed by atoms with Crippen molar-refractivity contribution in [2.45, 2.75) is 26.8 Å². The molecule has 0 spiro atoms. The van der Waals surface area contributed by atoms with E-state index < -0.39 is 23.7 Å². The predicted octanol–water partition coefficient (Wildman–Crippen LogP) is 4.43. The molecule has 35 heavy (non-hydrogen) atoms. The molecule has 1 aliphatic rings. The van der Waals surface area contributed by atoms with Gasteiger partial charge in [0.05, 0.1) is 17.3 Å². The van der Waals surface area contributed by atoms with Crippen molar-refractivity contribution in [1.29, 1.82) is 0 Å². The van der Waals surface area contributed by atoms with E-state index in [9.17, 15) is 19.5 Å². The van der Waals surface area contributed by atoms with Crippen molar-refractivity contribution in [3.05, 3.63) is 93.8 Å². The number of pyridine rings is 1. The molecule has 3 heterocycles. The van der Waals surface area contributed by atoms with E-state index in [0.717, 1.165) is 22.5 Å². The monoisotopic (exact) mass is 489 g/mol. The molecule has 1 unspecified atom stereocenters. The lowest BCUT2D eigenvalue weighted by Gasteiger charge is -2.23. The lowest BCUT2D eigenvalue weighted by Crippen LogP contribution is -2.29. The third-order valence-electron chi connectivity index (χ3n) is 5.62. The van der Waals surface area contributed by atoms with Gasteiger partial charge in [0.15, 0.2) is 5.13 Å². The van der Waals surface area contributed by atoms with Gasteiger partial charge in [0.2, 0.25) is 0 Å². The van der Waals surface area contributed by atoms with Crippen LogP contribution in [0.5, 0.6) is 0 Å². The van der Waals surface area contributed by atoms with Crippen LogP contribution in [0.3, 0.4) is 0 Å². The molecule has 178 valence electrons. The molecule has 1 aromatic carbocycles. The summed E-state index contributed by atoms with van der Waals surface area (Å²) in [6.45, 7) is 8.87. The van der Waals surface area contributed by atoms with Crippen LogP contribution in [0, 0.1) is 20.8 Å². The zero-order chi connectivity index (χ0) is 25.3. The van der Waals surface area contributed by atoms with E-state index in [-0.39, 0.29) is 27.9 Å². The first-order valence-electron chi connectivity index (χ1n) is 10.8. The van der Waals surface area contributed by atoms with Gasteiger partial charge in [-0.15, -0.1) is 0 Å². The summed E-state index contributed by atoms with van der Waals surface area (Å²) in [5, 5.41) is 11.5. The topological polar surface area (TPSA) is 110 Å². The van der Waals surface area contributed by atoms with Gasteiger partial charge in [0.25, 0.3) is 5.78 Å². The van der Waals surface area contributed by atoms with Gasteiger partial charge in [-0.05, 0) is 50.1 Å². The number of amides is 1. The Morgan fingerprint density at radius 3 is 2.60 bits per heavy atom. The van der Waals surface area contributed by atoms with E-state index in [0.29, 0.717) is 16.8 Å². The first-order valence-corrected chi connectivity index (χ1v) is 11.6. The number of aryl methyl sites for hydroxylation is 3. The van der Waals surface area contributed by atoms with Crippen molar-refractivity contribution in [1.82, 2.24) is 9.97 Å². The van der Waals surface area contributed by atoms with Crippen LogP contribution in [0.25, 0.3) is 5.76 Å². The fourth-order valence-corrected chi connectivity index (χ4v) is 4.89. The molecule has 0 radical (unpaired) electrons. The van der Waals surface area contributed by atoms with Crippen molar-refractivity contribution in [3.8, 4) is 0 Å². The number of aliphatic hydroxyl groups excluding tert-OH is 1. The van der Waals surface area contributed by atoms with E-state index in [1.807, 2.05) is 26.0 Å². The second kappa shape index (κ2) is 9.63. The smallest absolute Gasteiger partial charge is 0.350 e. The summed E-state index contributed by atoms with van der Waals surface area (Å²) in [5.41, 5.74) is 2.98. The van der Waals surface area contributed by atoms with Crippen molar-refractivity contribution in [2.24, 2.45) is 0 Å². The zero-order valence-electron chi connectivity index (χ0n) is 19.4. The highest BCUT2D eigenvalue weighted by Gasteiger charge is 2.48. The van der Waals surface area contributed by atoms with E-state index in [1.54, 1.807) is 37.5 Å². The van der Waals surface area contributed by atoms with Gasteiger partial charge in [-0.25, -0.2) is 9.78 Å². The molecule has 1 fully saturated rings. The number of hydrogen-bond donors (Lipinski definition) is 1. The molecule has 0 aliphatic carbocycles. The normalized spacial score (nSPS) is 17.0. The Labute approximate surface area is 206 Å². The number of aliphatic hydroxyl groups is 1. The molecule has 9 heteroatoms. The Morgan fingerprint density at radius 2 is 1.91 bits per heavy atom. The number of anilines is 1. The summed E-state index contributed by atoms with van der Waals surface area (Å²) in [4.78, 5) is 48.9. The van der Waals surface area contributed by atoms with Gasteiger partial charge in [-0.1, -0.05) is 41.7 Å². The number of hydrogen-bond acceptors (Lipinski definition) is 8. The van der Waals surface area contributed by atoms with Gasteiger partial charge in [-0.2, -0.15) is 0 Å². The summed E-state index contributed by atoms with van der Waals surface area (Å²) in [6, 6.07) is 7.88. The molecule has 1 atom stereocenters. The van der Waals surface area contributed by atoms with Crippen LogP contribution in [0.15, 0.2) is 61.0 Å². The molecule has 0 bridgehead atoms. The standard InChI is InChI=1S/C26H23N3O5S/c1-5-12-34-25(33)23-16(4)28-26(35-23)29-20(17-8-10-27-11-9-17)19(22(31)24(29)32)21(30)18-13-14(2)6-7-15(18)3/h5-11,13,20,30H,1,12H2,2-4H3. The largest absolute Gasteiger partial charge is 0.507 e. The van der Waals surface area contributed by atoms with Crippen LogP contribution in [0.1, 0.15) is 43.7 Å². The highest BCUT2D eigenvalue weighted by molar-refractivity contribution is 7.17. The third-order valence-corrected chi connectivity index (χ3v) is 6.76. The van der Waals surface area contributed by atoms with Crippen molar-refractivity contribution in [2.75, 3.05) is 11.5 Å². The summed E-state index contributed by atoms with van der Waals surface area (Å²) in [6.07, 6.45) is 4.53. The lowest BCUT2D eigenvalue weighted by molar-refractivity contribution is -0.132. The number of ether oxygens (including phenoxy) is 1. The molecule has 3 aromatic rings. The Hall–Kier alpha value is -4.11. The number of carbonyl (C=O) groups excluding carboxylic acids is 3. The molecule has 1 N–H and O–H groups in total. The highest BCUT2D eigenvalue weighted by atomic mass is 32.1. The van der Waals surface area contributed by atoms with Gasteiger partial charge in [0, 0.05) is 18.0 Å². The molecule has 2 aromatic heterocycles. The molecule has 4 rings (SSSR count). The van der Waals surface area contributed by atoms with Crippen molar-refractivity contribution in [3.63, 3.8) is 0 Å². The van der Waals surface area contributed by atoms with Crippen LogP contribution < -0.4 is 4.90 Å². The predicted molar refractivity (Wildman–Crippen MR) is 132 cm³/mol. The summed E-state index contributed by atoms with van der Waals surface area (Å²) in [7, 11) is 0. The van der Waals surface area contributed by atoms with Gasteiger partial charge in [-0.3, -0.25) is 19.5 Å². The molecular weight excluding hydrogens is 466 g/mol. The fraction of sp³-hybridized carbons (Fsp3) is 0.192. The fourth-order valence-electron chi connectivity index (χ4n) is 3.90. The summed E-state index contributed by atoms with van der Waals surface area (Å²) < 4.78 is 5.12. The van der Waals surface area contributed by atoms with Crippen LogP contribution in [-0.4, -0.2) is 39.3 Å². The lowest BCUT2D eigenvalue weighted by atomic mass is 9.94. The Kier molecular flexibility index (Phi) is 6.61. The second-order valence-electron chi connectivity index (χ2n) is 8.07. The minimum atomic E-state index is -0.958. The van der Waals surface area contributed by atoms with Gasteiger partial charge >= 0.3 is 11.9 Å². The van der Waals surface area contributed by atoms with Crippen LogP contribution in [-0.2, 0) is 14.3 Å². The first kappa shape index (κ1) is 24.0. The minimum absolute atomic E-state index is 0.0306. The summed E-state index contributed by atoms with van der Waals surface area (Å²) >= 11 is 0.948. The number of nitrogens with zero attached hydrogens (tertiary/aromatic N) is 3. The van der Waals surface area contributed by atoms with Gasteiger partial charge < -0.3 is 9.84 Å². The Bertz CT molecular complexity index is 1380. The SMILES string of the molecule is C=CCOC(=O)c1sc(N2C(=O)C(=O)C(=C(O)c3cc(C)ccc3C)C2c2ccncc2)nc1C. The average molecular weight is 490 g/mol. The molecular formula is C26H23N3O5S. The van der Waals surface area contributed by atoms with E-state index >= 15 is 0 Å². The maximum atomic E-state index is 13.3. The molecule has 1 aliphatic heterocycles. The first-order chi connectivity index (χ1) is 16.7. The van der Waals surface area contributed by atoms with Crippen molar-refractivity contribution < 1.29 is 24.2 Å². The maximum Gasteiger partial charge on any atom is 0.350 e. The average Bonchev–Trinajstić information content (AvgIpc) is 3.36. The molecule has 0 saturated carbocycles. The van der Waals surface area contributed by atoms with E-state index in [4.69, 9.17) is 4.74 Å². The highest BCUT2D eigenvalue weighted by Crippen LogP contribution is 2.44. The van der Waals surface area contributed by atoms with Crippen LogP contribution in [0.2, 0.25) is 0 Å². The number of carbonyl (C=O) groups is 3. The van der Waals surface area contributed by atoms with Gasteiger partial charge in [0.1, 0.15) is 17.2 Å². The zero-order valence-corrected chi connectivity index (χ0v) is 20.3. The second-order valence-corrected chi connectivity index (χ2v) is 9.04. The number of esters is 1. The number of ketones is 1. The number of Topliss-reactive ketones (excluding diaryl/α,β-unsaturated/α-hetero) is 1. The number of benzene rings is 1. The molecule has 1 amide bonds. The summed E-state index contributed by atoms with van der Waals surface area (Å²) in [5.74, 6) is -2.56. The molecule has 8 nitrogen and oxygen atoms in total. The maximum absolute atomic E-state index is 13.3.